The normalized spacial score (nSPS) is 10.5. The molecule has 18 heavy (non-hydrogen) atoms. The van der Waals surface area contributed by atoms with Crippen molar-refractivity contribution in [3.8, 4) is 0 Å². The molecule has 0 heterocycles. The van der Waals surface area contributed by atoms with E-state index in [2.05, 4.69) is 76.0 Å². The maximum absolute atomic E-state index is 2.27. The molecule has 2 rings (SSSR count). The van der Waals surface area contributed by atoms with Crippen LogP contribution in [0.5, 0.6) is 0 Å². The van der Waals surface area contributed by atoms with Crippen molar-refractivity contribution in [3.05, 3.63) is 58.7 Å². The van der Waals surface area contributed by atoms with E-state index in [9.17, 15) is 0 Å². The molecule has 0 bridgehead atoms. The molecule has 0 aliphatic carbocycles. The molecular formula is C17H21N. The Hall–Kier alpha value is -1.76. The minimum absolute atomic E-state index is 1.24. The van der Waals surface area contributed by atoms with E-state index >= 15 is 0 Å². The Kier molecular flexibility index (Phi) is 3.42. The van der Waals surface area contributed by atoms with Crippen LogP contribution in [-0.4, -0.2) is 7.05 Å². The van der Waals surface area contributed by atoms with Gasteiger partial charge < -0.3 is 4.90 Å². The van der Waals surface area contributed by atoms with Gasteiger partial charge in [-0.15, -0.1) is 0 Å². The van der Waals surface area contributed by atoms with Crippen LogP contribution in [0.1, 0.15) is 22.3 Å². The number of aryl methyl sites for hydroxylation is 4. The van der Waals surface area contributed by atoms with Crippen molar-refractivity contribution in [2.75, 3.05) is 11.9 Å². The third-order valence-corrected chi connectivity index (χ3v) is 3.36. The second kappa shape index (κ2) is 4.85. The number of nitrogens with zero attached hydrogens (tertiary/aromatic N) is 1. The number of hydrogen-bond acceptors (Lipinski definition) is 1. The van der Waals surface area contributed by atoms with Gasteiger partial charge in [0.15, 0.2) is 0 Å². The molecule has 0 fully saturated rings. The fraction of sp³-hybridized carbons (Fsp3) is 0.294. The van der Waals surface area contributed by atoms with Gasteiger partial charge in [-0.3, -0.25) is 0 Å². The van der Waals surface area contributed by atoms with E-state index < -0.39 is 0 Å². The summed E-state index contributed by atoms with van der Waals surface area (Å²) < 4.78 is 0. The zero-order chi connectivity index (χ0) is 13.3. The maximum atomic E-state index is 2.27. The number of benzene rings is 2. The van der Waals surface area contributed by atoms with Gasteiger partial charge in [0.25, 0.3) is 0 Å². The lowest BCUT2D eigenvalue weighted by atomic mass is 10.0. The highest BCUT2D eigenvalue weighted by Gasteiger charge is 2.10. The summed E-state index contributed by atoms with van der Waals surface area (Å²) >= 11 is 0. The van der Waals surface area contributed by atoms with Gasteiger partial charge >= 0.3 is 0 Å². The van der Waals surface area contributed by atoms with Gasteiger partial charge in [0.1, 0.15) is 0 Å². The molecule has 0 radical (unpaired) electrons. The van der Waals surface area contributed by atoms with E-state index in [0.29, 0.717) is 0 Å². The van der Waals surface area contributed by atoms with Gasteiger partial charge in [-0.1, -0.05) is 29.8 Å². The summed E-state index contributed by atoms with van der Waals surface area (Å²) in [4.78, 5) is 2.27. The Morgan fingerprint density at radius 2 is 1.39 bits per heavy atom. The van der Waals surface area contributed by atoms with E-state index in [1.165, 1.54) is 33.6 Å². The quantitative estimate of drug-likeness (QED) is 0.735. The lowest BCUT2D eigenvalue weighted by Crippen LogP contribution is -2.12. The molecule has 1 nitrogen and oxygen atoms in total. The molecular weight excluding hydrogens is 218 g/mol. The summed E-state index contributed by atoms with van der Waals surface area (Å²) in [6.07, 6.45) is 0. The van der Waals surface area contributed by atoms with Gasteiger partial charge in [0, 0.05) is 18.4 Å². The molecule has 1 heteroatoms. The number of anilines is 2. The standard InChI is InChI=1S/C17H21N/c1-12-7-6-8-16(11-12)18(5)17-14(3)9-13(2)10-15(17)4/h6-11H,1-5H3. The van der Waals surface area contributed by atoms with Crippen LogP contribution in [0.3, 0.4) is 0 Å². The smallest absolute Gasteiger partial charge is 0.0467 e. The molecule has 2 aromatic rings. The van der Waals surface area contributed by atoms with Crippen molar-refractivity contribution in [2.24, 2.45) is 0 Å². The SMILES string of the molecule is Cc1cccc(N(C)c2c(C)cc(C)cc2C)c1. The second-order valence-corrected chi connectivity index (χ2v) is 5.15. The second-order valence-electron chi connectivity index (χ2n) is 5.15. The van der Waals surface area contributed by atoms with Crippen LogP contribution < -0.4 is 4.90 Å². The lowest BCUT2D eigenvalue weighted by molar-refractivity contribution is 1.15. The molecule has 0 unspecified atom stereocenters. The fourth-order valence-corrected chi connectivity index (χ4v) is 2.67. The van der Waals surface area contributed by atoms with Crippen LogP contribution in [0.15, 0.2) is 36.4 Å². The van der Waals surface area contributed by atoms with Crippen LogP contribution in [0, 0.1) is 27.7 Å². The maximum Gasteiger partial charge on any atom is 0.0467 e. The van der Waals surface area contributed by atoms with Crippen molar-refractivity contribution in [1.29, 1.82) is 0 Å². The highest BCUT2D eigenvalue weighted by Crippen LogP contribution is 2.31. The molecule has 0 spiro atoms. The Morgan fingerprint density at radius 1 is 0.778 bits per heavy atom. The van der Waals surface area contributed by atoms with Crippen molar-refractivity contribution in [3.63, 3.8) is 0 Å². The first-order chi connectivity index (χ1) is 8.49. The molecule has 0 atom stereocenters. The van der Waals surface area contributed by atoms with Crippen LogP contribution in [-0.2, 0) is 0 Å². The number of rotatable bonds is 2. The molecule has 0 aliphatic heterocycles. The summed E-state index contributed by atoms with van der Waals surface area (Å²) in [6, 6.07) is 13.1. The van der Waals surface area contributed by atoms with Crippen LogP contribution in [0.25, 0.3) is 0 Å². The third-order valence-electron chi connectivity index (χ3n) is 3.36. The van der Waals surface area contributed by atoms with Crippen LogP contribution in [0.4, 0.5) is 11.4 Å². The van der Waals surface area contributed by atoms with Crippen molar-refractivity contribution in [1.82, 2.24) is 0 Å². The average Bonchev–Trinajstić information content (AvgIpc) is 2.27. The van der Waals surface area contributed by atoms with E-state index in [1.54, 1.807) is 0 Å². The Morgan fingerprint density at radius 3 is 1.94 bits per heavy atom. The lowest BCUT2D eigenvalue weighted by Gasteiger charge is -2.24. The van der Waals surface area contributed by atoms with E-state index in [0.717, 1.165) is 0 Å². The first-order valence-electron chi connectivity index (χ1n) is 6.37. The summed E-state index contributed by atoms with van der Waals surface area (Å²) in [5.41, 5.74) is 7.83. The van der Waals surface area contributed by atoms with Crippen LogP contribution >= 0.6 is 0 Å². The van der Waals surface area contributed by atoms with Crippen LogP contribution in [0.2, 0.25) is 0 Å². The van der Waals surface area contributed by atoms with E-state index in [4.69, 9.17) is 0 Å². The number of hydrogen-bond donors (Lipinski definition) is 0. The molecule has 0 saturated heterocycles. The molecule has 2 aromatic carbocycles. The van der Waals surface area contributed by atoms with Gasteiger partial charge in [-0.2, -0.15) is 0 Å². The monoisotopic (exact) mass is 239 g/mol. The first-order valence-corrected chi connectivity index (χ1v) is 6.37. The summed E-state index contributed by atoms with van der Waals surface area (Å²) in [7, 11) is 2.14. The van der Waals surface area contributed by atoms with Gasteiger partial charge in [0.05, 0.1) is 0 Å². The van der Waals surface area contributed by atoms with E-state index in [-0.39, 0.29) is 0 Å². The average molecular weight is 239 g/mol. The minimum Gasteiger partial charge on any atom is -0.344 e. The minimum atomic E-state index is 1.24. The van der Waals surface area contributed by atoms with Gasteiger partial charge in [0.2, 0.25) is 0 Å². The zero-order valence-corrected chi connectivity index (χ0v) is 11.9. The third kappa shape index (κ3) is 2.40. The molecule has 0 saturated carbocycles. The highest BCUT2D eigenvalue weighted by atomic mass is 15.1. The summed E-state index contributed by atoms with van der Waals surface area (Å²) in [5.74, 6) is 0. The molecule has 0 amide bonds. The van der Waals surface area contributed by atoms with Gasteiger partial charge in [-0.25, -0.2) is 0 Å². The first kappa shape index (κ1) is 12.7. The molecule has 0 N–H and O–H groups in total. The molecule has 0 aliphatic rings. The highest BCUT2D eigenvalue weighted by molar-refractivity contribution is 5.69. The predicted octanol–water partition coefficient (Wildman–Crippen LogP) is 4.69. The Labute approximate surface area is 110 Å². The zero-order valence-electron chi connectivity index (χ0n) is 11.9. The molecule has 0 aromatic heterocycles. The van der Waals surface area contributed by atoms with Crippen molar-refractivity contribution in [2.45, 2.75) is 27.7 Å². The predicted molar refractivity (Wildman–Crippen MR) is 79.9 cm³/mol. The van der Waals surface area contributed by atoms with Gasteiger partial charge in [-0.05, 0) is 56.5 Å². The largest absolute Gasteiger partial charge is 0.344 e. The summed E-state index contributed by atoms with van der Waals surface area (Å²) in [6.45, 7) is 8.64. The van der Waals surface area contributed by atoms with E-state index in [1.807, 2.05) is 0 Å². The summed E-state index contributed by atoms with van der Waals surface area (Å²) in [5, 5.41) is 0. The van der Waals surface area contributed by atoms with Crippen molar-refractivity contribution >= 4 is 11.4 Å². The Balaban J connectivity index is 2.49. The fourth-order valence-electron chi connectivity index (χ4n) is 2.67. The van der Waals surface area contributed by atoms with Crippen molar-refractivity contribution < 1.29 is 0 Å². The Bertz CT molecular complexity index is 547. The molecule has 94 valence electrons. The topological polar surface area (TPSA) is 3.24 Å².